The van der Waals surface area contributed by atoms with Crippen molar-refractivity contribution in [1.29, 1.82) is 0 Å². The minimum atomic E-state index is 0. The molecule has 1 spiro atoms. The quantitative estimate of drug-likeness (QED) is 0.392. The highest BCUT2D eigenvalue weighted by atomic mass is 127. The van der Waals surface area contributed by atoms with E-state index in [2.05, 4.69) is 45.7 Å². The number of halogens is 1. The molecule has 156 valence electrons. The highest BCUT2D eigenvalue weighted by Crippen LogP contribution is 2.62. The van der Waals surface area contributed by atoms with Crippen LogP contribution in [-0.2, 0) is 11.3 Å². The molecule has 1 aromatic carbocycles. The summed E-state index contributed by atoms with van der Waals surface area (Å²) >= 11 is 0. The number of fused-ring (bicyclic) bond motifs is 2. The summed E-state index contributed by atoms with van der Waals surface area (Å²) in [5.41, 5.74) is 2.60. The van der Waals surface area contributed by atoms with Crippen LogP contribution in [0.15, 0.2) is 47.7 Å². The van der Waals surface area contributed by atoms with E-state index in [0.717, 1.165) is 24.8 Å². The van der Waals surface area contributed by atoms with Gasteiger partial charge in [-0.15, -0.1) is 24.0 Å². The molecule has 3 atom stereocenters. The van der Waals surface area contributed by atoms with Crippen molar-refractivity contribution in [2.24, 2.45) is 16.3 Å². The maximum atomic E-state index is 6.05. The third-order valence-electron chi connectivity index (χ3n) is 6.97. The van der Waals surface area contributed by atoms with Crippen molar-refractivity contribution in [1.82, 2.24) is 20.0 Å². The van der Waals surface area contributed by atoms with Crippen LogP contribution < -0.4 is 5.32 Å². The molecule has 2 aromatic rings. The molecule has 1 N–H and O–H groups in total. The lowest BCUT2D eigenvalue weighted by Gasteiger charge is -2.63. The normalized spacial score (nSPS) is 26.8. The Morgan fingerprint density at radius 1 is 1.34 bits per heavy atom. The number of nitrogens with zero attached hydrogens (tertiary/aromatic N) is 4. The molecule has 2 heterocycles. The minimum Gasteiger partial charge on any atom is -0.377 e. The van der Waals surface area contributed by atoms with Crippen molar-refractivity contribution in [3.05, 3.63) is 48.3 Å². The van der Waals surface area contributed by atoms with E-state index in [9.17, 15) is 0 Å². The van der Waals surface area contributed by atoms with Crippen molar-refractivity contribution in [2.45, 2.75) is 44.4 Å². The molecule has 1 aliphatic heterocycles. The molecule has 3 fully saturated rings. The fraction of sp³-hybridized carbons (Fsp3) is 0.545. The Kier molecular flexibility index (Phi) is 5.88. The molecule has 0 radical (unpaired) electrons. The van der Waals surface area contributed by atoms with Crippen LogP contribution in [-0.4, -0.2) is 53.5 Å². The number of guanidine groups is 1. The van der Waals surface area contributed by atoms with Gasteiger partial charge in [0.05, 0.1) is 18.0 Å². The van der Waals surface area contributed by atoms with Gasteiger partial charge in [0, 0.05) is 56.4 Å². The van der Waals surface area contributed by atoms with E-state index in [1.807, 2.05) is 36.1 Å². The zero-order valence-corrected chi connectivity index (χ0v) is 19.5. The van der Waals surface area contributed by atoms with E-state index in [1.165, 1.54) is 31.2 Å². The number of aromatic nitrogens is 2. The monoisotopic (exact) mass is 507 g/mol. The molecule has 6 nitrogen and oxygen atoms in total. The highest BCUT2D eigenvalue weighted by molar-refractivity contribution is 14.0. The number of hydrogen-bond donors (Lipinski definition) is 1. The molecule has 1 aromatic heterocycles. The van der Waals surface area contributed by atoms with Gasteiger partial charge < -0.3 is 15.0 Å². The number of benzene rings is 1. The third-order valence-corrected chi connectivity index (χ3v) is 6.97. The van der Waals surface area contributed by atoms with Gasteiger partial charge in [0.25, 0.3) is 0 Å². The fourth-order valence-electron chi connectivity index (χ4n) is 5.45. The summed E-state index contributed by atoms with van der Waals surface area (Å²) in [5, 5.41) is 8.31. The first-order valence-corrected chi connectivity index (χ1v) is 10.4. The van der Waals surface area contributed by atoms with Gasteiger partial charge in [-0.3, -0.25) is 4.99 Å². The molecule has 1 saturated heterocycles. The summed E-state index contributed by atoms with van der Waals surface area (Å²) in [7, 11) is 3.98. The average Bonchev–Trinajstić information content (AvgIpc) is 3.30. The maximum Gasteiger partial charge on any atom is 0.193 e. The Morgan fingerprint density at radius 2 is 2.14 bits per heavy atom. The first-order chi connectivity index (χ1) is 13.7. The summed E-state index contributed by atoms with van der Waals surface area (Å²) in [6.45, 7) is 1.69. The number of rotatable bonds is 4. The molecular weight excluding hydrogens is 477 g/mol. The number of nitrogens with one attached hydrogen (secondary N) is 1. The predicted molar refractivity (Wildman–Crippen MR) is 125 cm³/mol. The summed E-state index contributed by atoms with van der Waals surface area (Å²) in [6.07, 6.45) is 9.59. The Labute approximate surface area is 189 Å². The van der Waals surface area contributed by atoms with Crippen LogP contribution in [0.2, 0.25) is 0 Å². The van der Waals surface area contributed by atoms with Crippen LogP contribution >= 0.6 is 24.0 Å². The van der Waals surface area contributed by atoms with Crippen LogP contribution in [0, 0.1) is 11.3 Å². The van der Waals surface area contributed by atoms with Gasteiger partial charge in [-0.05, 0) is 31.4 Å². The van der Waals surface area contributed by atoms with Gasteiger partial charge in [-0.1, -0.05) is 24.6 Å². The van der Waals surface area contributed by atoms with Gasteiger partial charge in [0.2, 0.25) is 0 Å². The summed E-state index contributed by atoms with van der Waals surface area (Å²) < 4.78 is 7.98. The topological polar surface area (TPSA) is 54.7 Å². The lowest BCUT2D eigenvalue weighted by atomic mass is 9.46. The molecule has 2 aliphatic carbocycles. The van der Waals surface area contributed by atoms with E-state index >= 15 is 0 Å². The Morgan fingerprint density at radius 3 is 2.83 bits per heavy atom. The van der Waals surface area contributed by atoms with Crippen molar-refractivity contribution in [3.63, 3.8) is 0 Å². The summed E-state index contributed by atoms with van der Waals surface area (Å²) in [4.78, 5) is 6.77. The second kappa shape index (κ2) is 8.26. The number of ether oxygens (including phenoxy) is 1. The van der Waals surface area contributed by atoms with Crippen molar-refractivity contribution in [2.75, 3.05) is 20.7 Å². The standard InChI is InChI=1S/C22H29N5O.HI/c1-23-21(25-19-18-9-12-28-20(18)22(19)10-6-11-22)26(2)14-16-13-24-27(15-16)17-7-4-3-5-8-17;/h3-5,7-8,13,15,18-20H,6,9-12,14H2,1-2H3,(H,23,25);1H. The fourth-order valence-corrected chi connectivity index (χ4v) is 5.45. The number of para-hydroxylation sites is 1. The highest BCUT2D eigenvalue weighted by Gasteiger charge is 2.66. The van der Waals surface area contributed by atoms with Crippen LogP contribution in [0.1, 0.15) is 31.2 Å². The van der Waals surface area contributed by atoms with Gasteiger partial charge in [-0.2, -0.15) is 5.10 Å². The smallest absolute Gasteiger partial charge is 0.193 e. The Balaban J connectivity index is 0.00000205. The Bertz CT molecular complexity index is 863. The molecule has 2 saturated carbocycles. The van der Waals surface area contributed by atoms with Gasteiger partial charge >= 0.3 is 0 Å². The number of aliphatic imine (C=N–C) groups is 1. The summed E-state index contributed by atoms with van der Waals surface area (Å²) in [6, 6.07) is 10.7. The average molecular weight is 507 g/mol. The van der Waals surface area contributed by atoms with E-state index in [1.54, 1.807) is 0 Å². The SMILES string of the molecule is CN=C(NC1C2CCOC2C12CCC2)N(C)Cc1cnn(-c2ccccc2)c1.I. The lowest BCUT2D eigenvalue weighted by molar-refractivity contribution is -0.171. The lowest BCUT2D eigenvalue weighted by Crippen LogP contribution is -2.72. The Hall–Kier alpha value is -1.61. The van der Waals surface area contributed by atoms with Crippen molar-refractivity contribution >= 4 is 29.9 Å². The van der Waals surface area contributed by atoms with Crippen LogP contribution in [0.3, 0.4) is 0 Å². The number of hydrogen-bond acceptors (Lipinski definition) is 3. The molecule has 0 amide bonds. The largest absolute Gasteiger partial charge is 0.377 e. The molecule has 3 unspecified atom stereocenters. The van der Waals surface area contributed by atoms with E-state index in [4.69, 9.17) is 4.74 Å². The first-order valence-electron chi connectivity index (χ1n) is 10.4. The van der Waals surface area contributed by atoms with Crippen molar-refractivity contribution < 1.29 is 4.74 Å². The predicted octanol–water partition coefficient (Wildman–Crippen LogP) is 3.46. The molecule has 29 heavy (non-hydrogen) atoms. The van der Waals surface area contributed by atoms with E-state index in [0.29, 0.717) is 23.5 Å². The van der Waals surface area contributed by atoms with Gasteiger partial charge in [-0.25, -0.2) is 4.68 Å². The molecule has 7 heteroatoms. The summed E-state index contributed by atoms with van der Waals surface area (Å²) in [5.74, 6) is 1.61. The van der Waals surface area contributed by atoms with Crippen molar-refractivity contribution in [3.8, 4) is 5.69 Å². The molecule has 5 rings (SSSR count). The molecular formula is C22H30IN5O. The third kappa shape index (κ3) is 3.46. The minimum absolute atomic E-state index is 0. The molecule has 0 bridgehead atoms. The first kappa shape index (κ1) is 20.7. The molecule has 3 aliphatic rings. The second-order valence-corrected chi connectivity index (χ2v) is 8.48. The van der Waals surface area contributed by atoms with Crippen LogP contribution in [0.4, 0.5) is 0 Å². The van der Waals surface area contributed by atoms with Gasteiger partial charge in [0.15, 0.2) is 5.96 Å². The van der Waals surface area contributed by atoms with E-state index in [-0.39, 0.29) is 24.0 Å². The second-order valence-electron chi connectivity index (χ2n) is 8.48. The maximum absolute atomic E-state index is 6.05. The van der Waals surface area contributed by atoms with E-state index < -0.39 is 0 Å². The zero-order valence-electron chi connectivity index (χ0n) is 17.1. The van der Waals surface area contributed by atoms with Crippen LogP contribution in [0.5, 0.6) is 0 Å². The zero-order chi connectivity index (χ0) is 19.1. The van der Waals surface area contributed by atoms with Crippen LogP contribution in [0.25, 0.3) is 5.69 Å². The van der Waals surface area contributed by atoms with Gasteiger partial charge in [0.1, 0.15) is 0 Å².